The maximum Gasteiger partial charge on any atom is 0.315 e. The lowest BCUT2D eigenvalue weighted by Crippen LogP contribution is -2.43. The number of carbonyl (C=O) groups is 1. The van der Waals surface area contributed by atoms with E-state index in [1.165, 1.54) is 12.4 Å². The highest BCUT2D eigenvalue weighted by Crippen LogP contribution is 2.36. The summed E-state index contributed by atoms with van der Waals surface area (Å²) in [6.07, 6.45) is 1.45. The minimum Gasteiger partial charge on any atom is -0.369 e. The van der Waals surface area contributed by atoms with Crippen LogP contribution in [-0.2, 0) is 5.41 Å². The first-order chi connectivity index (χ1) is 19.6. The number of benzene rings is 2. The first kappa shape index (κ1) is 26.8. The highest BCUT2D eigenvalue weighted by atomic mass is 19.1. The summed E-state index contributed by atoms with van der Waals surface area (Å²) in [5.41, 5.74) is 4.70. The summed E-state index contributed by atoms with van der Waals surface area (Å²) in [6, 6.07) is 8.99. The molecule has 0 radical (unpaired) electrons. The normalized spacial score (nSPS) is 15.0. The minimum atomic E-state index is -0.513. The van der Waals surface area contributed by atoms with E-state index in [2.05, 4.69) is 58.8 Å². The molecule has 10 nitrogen and oxygen atoms in total. The summed E-state index contributed by atoms with van der Waals surface area (Å²) >= 11 is 0. The third-order valence-corrected chi connectivity index (χ3v) is 7.57. The van der Waals surface area contributed by atoms with Gasteiger partial charge in [-0.3, -0.25) is 4.79 Å². The summed E-state index contributed by atoms with van der Waals surface area (Å²) in [5, 5.41) is 11.8. The Morgan fingerprint density at radius 1 is 1.15 bits per heavy atom. The van der Waals surface area contributed by atoms with Gasteiger partial charge in [-0.2, -0.15) is 4.98 Å². The third kappa shape index (κ3) is 5.01. The summed E-state index contributed by atoms with van der Waals surface area (Å²) < 4.78 is 20.9. The number of anilines is 1. The standard InChI is InChI=1S/C30H33FN8O2/c1-16-12-21(22(31)14-20(16)17(2)35-27(40)28-37-29(38-41-28)30(3,4)5)25-24-19-7-6-18(39-10-8-32-9-11-39)13-23(19)36-26(24)34-15-33-25/h6-7,12-15,17,32H,8-11H2,1-5H3,(H,35,40)(H,33,34,36)/t17-/m1/s1. The van der Waals surface area contributed by atoms with Crippen LogP contribution in [0.25, 0.3) is 33.2 Å². The van der Waals surface area contributed by atoms with Crippen molar-refractivity contribution in [1.29, 1.82) is 0 Å². The van der Waals surface area contributed by atoms with Crippen molar-refractivity contribution in [1.82, 2.24) is 35.7 Å². The molecule has 1 saturated heterocycles. The number of hydrogen-bond acceptors (Lipinski definition) is 8. The Morgan fingerprint density at radius 3 is 2.66 bits per heavy atom. The lowest BCUT2D eigenvalue weighted by molar-refractivity contribution is 0.0895. The van der Waals surface area contributed by atoms with E-state index in [9.17, 15) is 4.79 Å². The number of halogens is 1. The van der Waals surface area contributed by atoms with Gasteiger partial charge in [0.1, 0.15) is 17.8 Å². The number of rotatable bonds is 5. The van der Waals surface area contributed by atoms with Crippen LogP contribution in [0.4, 0.5) is 10.1 Å². The van der Waals surface area contributed by atoms with E-state index in [4.69, 9.17) is 4.52 Å². The molecule has 1 atom stereocenters. The molecule has 0 saturated carbocycles. The molecule has 0 bridgehead atoms. The highest BCUT2D eigenvalue weighted by Gasteiger charge is 2.26. The monoisotopic (exact) mass is 556 g/mol. The number of aromatic nitrogens is 5. The van der Waals surface area contributed by atoms with Gasteiger partial charge < -0.3 is 25.0 Å². The molecule has 5 aromatic rings. The molecular formula is C30H33FN8O2. The Kier molecular flexibility index (Phi) is 6.69. The largest absolute Gasteiger partial charge is 0.369 e. The molecule has 1 aliphatic rings. The summed E-state index contributed by atoms with van der Waals surface area (Å²) in [5.74, 6) is -0.637. The third-order valence-electron chi connectivity index (χ3n) is 7.57. The Hall–Kier alpha value is -4.38. The van der Waals surface area contributed by atoms with Gasteiger partial charge >= 0.3 is 11.8 Å². The van der Waals surface area contributed by atoms with Crippen molar-refractivity contribution < 1.29 is 13.7 Å². The van der Waals surface area contributed by atoms with Crippen molar-refractivity contribution in [3.63, 3.8) is 0 Å². The van der Waals surface area contributed by atoms with Crippen LogP contribution >= 0.6 is 0 Å². The maximum atomic E-state index is 15.8. The van der Waals surface area contributed by atoms with Crippen molar-refractivity contribution in [2.24, 2.45) is 0 Å². The first-order valence-electron chi connectivity index (χ1n) is 13.8. The van der Waals surface area contributed by atoms with Crippen LogP contribution in [0.5, 0.6) is 0 Å². The van der Waals surface area contributed by atoms with Gasteiger partial charge in [-0.15, -0.1) is 0 Å². The molecular weight excluding hydrogens is 523 g/mol. The van der Waals surface area contributed by atoms with E-state index < -0.39 is 17.8 Å². The molecule has 41 heavy (non-hydrogen) atoms. The van der Waals surface area contributed by atoms with Crippen molar-refractivity contribution >= 4 is 33.5 Å². The molecule has 0 spiro atoms. The van der Waals surface area contributed by atoms with Crippen molar-refractivity contribution in [2.45, 2.75) is 46.1 Å². The molecule has 0 aliphatic carbocycles. The van der Waals surface area contributed by atoms with Gasteiger partial charge in [-0.05, 0) is 49.2 Å². The van der Waals surface area contributed by atoms with E-state index >= 15 is 4.39 Å². The zero-order valence-corrected chi connectivity index (χ0v) is 23.8. The smallest absolute Gasteiger partial charge is 0.315 e. The average molecular weight is 557 g/mol. The molecule has 2 aromatic carbocycles. The summed E-state index contributed by atoms with van der Waals surface area (Å²) in [7, 11) is 0. The second-order valence-electron chi connectivity index (χ2n) is 11.6. The van der Waals surface area contributed by atoms with Crippen LogP contribution in [0.2, 0.25) is 0 Å². The lowest BCUT2D eigenvalue weighted by Gasteiger charge is -2.29. The number of carbonyl (C=O) groups excluding carboxylic acids is 1. The number of hydrogen-bond donors (Lipinski definition) is 3. The molecule has 0 unspecified atom stereocenters. The molecule has 1 aliphatic heterocycles. The van der Waals surface area contributed by atoms with Crippen LogP contribution in [0.3, 0.4) is 0 Å². The van der Waals surface area contributed by atoms with E-state index in [-0.39, 0.29) is 11.3 Å². The molecule has 1 fully saturated rings. The minimum absolute atomic E-state index is 0.126. The van der Waals surface area contributed by atoms with Crippen molar-refractivity contribution in [3.05, 3.63) is 65.3 Å². The fourth-order valence-corrected chi connectivity index (χ4v) is 5.34. The van der Waals surface area contributed by atoms with Gasteiger partial charge in [0, 0.05) is 53.7 Å². The number of aromatic amines is 1. The van der Waals surface area contributed by atoms with Gasteiger partial charge in [0.15, 0.2) is 5.82 Å². The Labute approximate surface area is 236 Å². The molecule has 3 aromatic heterocycles. The zero-order chi connectivity index (χ0) is 28.9. The number of nitrogens with one attached hydrogen (secondary N) is 3. The van der Waals surface area contributed by atoms with Gasteiger partial charge in [0.25, 0.3) is 0 Å². The number of nitrogens with zero attached hydrogens (tertiary/aromatic N) is 5. The molecule has 212 valence electrons. The van der Waals surface area contributed by atoms with Crippen LogP contribution in [0, 0.1) is 12.7 Å². The number of H-pyrrole nitrogens is 1. The zero-order valence-electron chi connectivity index (χ0n) is 23.8. The SMILES string of the molecule is Cc1cc(-c2ncnc3[nH]c4cc(N5CCNCC5)ccc4c23)c(F)cc1[C@@H](C)NC(=O)c1nc(C(C)(C)C)no1. The lowest BCUT2D eigenvalue weighted by atomic mass is 9.96. The number of piperazine rings is 1. The van der Waals surface area contributed by atoms with E-state index in [1.54, 1.807) is 13.0 Å². The Balaban J connectivity index is 1.31. The van der Waals surface area contributed by atoms with E-state index in [1.807, 2.05) is 27.7 Å². The van der Waals surface area contributed by atoms with Crippen LogP contribution in [-0.4, -0.2) is 57.2 Å². The van der Waals surface area contributed by atoms with Gasteiger partial charge in [0.2, 0.25) is 0 Å². The number of aryl methyl sites for hydroxylation is 1. The summed E-state index contributed by atoms with van der Waals surface area (Å²) in [6.45, 7) is 13.3. The second kappa shape index (κ2) is 10.2. The predicted octanol–water partition coefficient (Wildman–Crippen LogP) is 4.81. The van der Waals surface area contributed by atoms with Crippen molar-refractivity contribution in [2.75, 3.05) is 31.1 Å². The van der Waals surface area contributed by atoms with Crippen LogP contribution in [0.1, 0.15) is 61.4 Å². The fraction of sp³-hybridized carbons (Fsp3) is 0.367. The Bertz CT molecular complexity index is 1760. The number of fused-ring (bicyclic) bond motifs is 3. The van der Waals surface area contributed by atoms with Crippen LogP contribution in [0.15, 0.2) is 41.2 Å². The number of amides is 1. The van der Waals surface area contributed by atoms with Gasteiger partial charge in [-0.1, -0.05) is 32.0 Å². The topological polar surface area (TPSA) is 125 Å². The van der Waals surface area contributed by atoms with Gasteiger partial charge in [0.05, 0.1) is 17.1 Å². The van der Waals surface area contributed by atoms with Gasteiger partial charge in [-0.25, -0.2) is 14.4 Å². The van der Waals surface area contributed by atoms with Crippen LogP contribution < -0.4 is 15.5 Å². The maximum absolute atomic E-state index is 15.8. The average Bonchev–Trinajstić information content (AvgIpc) is 3.60. The van der Waals surface area contributed by atoms with E-state index in [0.717, 1.165) is 53.7 Å². The molecule has 4 heterocycles. The molecule has 6 rings (SSSR count). The molecule has 11 heteroatoms. The predicted molar refractivity (Wildman–Crippen MR) is 155 cm³/mol. The summed E-state index contributed by atoms with van der Waals surface area (Å²) in [4.78, 5) is 31.7. The second-order valence-corrected chi connectivity index (χ2v) is 11.6. The Morgan fingerprint density at radius 2 is 1.93 bits per heavy atom. The fourth-order valence-electron chi connectivity index (χ4n) is 5.34. The first-order valence-corrected chi connectivity index (χ1v) is 13.8. The highest BCUT2D eigenvalue weighted by molar-refractivity contribution is 6.12. The quantitative estimate of drug-likeness (QED) is 0.282. The molecule has 1 amide bonds. The van der Waals surface area contributed by atoms with E-state index in [0.29, 0.717) is 28.3 Å². The molecule has 3 N–H and O–H groups in total. The van der Waals surface area contributed by atoms with Crippen molar-refractivity contribution in [3.8, 4) is 11.3 Å².